The molecular formula is C13H16N4O. The zero-order valence-electron chi connectivity index (χ0n) is 10.3. The fourth-order valence-corrected chi connectivity index (χ4v) is 3.06. The number of nitrogens with one attached hydrogen (secondary N) is 1. The highest BCUT2D eigenvalue weighted by Gasteiger charge is 2.41. The smallest absolute Gasteiger partial charge is 0.243 e. The lowest BCUT2D eigenvalue weighted by molar-refractivity contribution is 0.102. The molecule has 0 aliphatic carbocycles. The van der Waals surface area contributed by atoms with Gasteiger partial charge in [0.15, 0.2) is 5.65 Å². The van der Waals surface area contributed by atoms with Crippen molar-refractivity contribution >= 4 is 11.6 Å². The van der Waals surface area contributed by atoms with Crippen LogP contribution in [0.1, 0.15) is 24.8 Å². The predicted molar refractivity (Wildman–Crippen MR) is 67.6 cm³/mol. The van der Waals surface area contributed by atoms with Crippen LogP contribution in [-0.2, 0) is 4.74 Å². The van der Waals surface area contributed by atoms with Gasteiger partial charge < -0.3 is 10.1 Å². The molecule has 2 aromatic rings. The second kappa shape index (κ2) is 3.68. The number of hydrogen-bond donors (Lipinski definition) is 1. The Morgan fingerprint density at radius 2 is 2.39 bits per heavy atom. The summed E-state index contributed by atoms with van der Waals surface area (Å²) >= 11 is 0. The van der Waals surface area contributed by atoms with E-state index in [2.05, 4.69) is 28.4 Å². The zero-order valence-corrected chi connectivity index (χ0v) is 10.3. The van der Waals surface area contributed by atoms with Gasteiger partial charge in [0, 0.05) is 6.20 Å². The quantitative estimate of drug-likeness (QED) is 0.874. The summed E-state index contributed by atoms with van der Waals surface area (Å²) in [5.41, 5.74) is 2.06. The van der Waals surface area contributed by atoms with Crippen LogP contribution >= 0.6 is 0 Å². The van der Waals surface area contributed by atoms with Crippen molar-refractivity contribution in [2.75, 3.05) is 5.32 Å². The van der Waals surface area contributed by atoms with Crippen molar-refractivity contribution in [2.45, 2.75) is 44.4 Å². The average Bonchev–Trinajstić information content (AvgIpc) is 3.03. The van der Waals surface area contributed by atoms with E-state index in [-0.39, 0.29) is 0 Å². The summed E-state index contributed by atoms with van der Waals surface area (Å²) in [6, 6.07) is 4.41. The molecule has 2 bridgehead atoms. The summed E-state index contributed by atoms with van der Waals surface area (Å²) < 4.78 is 7.66. The van der Waals surface area contributed by atoms with Crippen molar-refractivity contribution in [3.8, 4) is 0 Å². The Morgan fingerprint density at radius 3 is 3.11 bits per heavy atom. The van der Waals surface area contributed by atoms with Crippen LogP contribution in [-0.4, -0.2) is 32.8 Å². The first kappa shape index (κ1) is 10.3. The van der Waals surface area contributed by atoms with Gasteiger partial charge in [0.05, 0.1) is 18.2 Å². The molecule has 0 spiro atoms. The second-order valence-electron chi connectivity index (χ2n) is 5.26. The van der Waals surface area contributed by atoms with Crippen LogP contribution in [0.2, 0.25) is 0 Å². The van der Waals surface area contributed by atoms with E-state index in [4.69, 9.17) is 4.74 Å². The Kier molecular flexibility index (Phi) is 2.11. The first-order valence-corrected chi connectivity index (χ1v) is 6.53. The van der Waals surface area contributed by atoms with Crippen LogP contribution in [0.3, 0.4) is 0 Å². The monoisotopic (exact) mass is 244 g/mol. The van der Waals surface area contributed by atoms with Gasteiger partial charge in [0.25, 0.3) is 0 Å². The van der Waals surface area contributed by atoms with Crippen molar-refractivity contribution in [1.29, 1.82) is 0 Å². The molecule has 0 saturated carbocycles. The van der Waals surface area contributed by atoms with E-state index in [0.717, 1.165) is 24.1 Å². The summed E-state index contributed by atoms with van der Waals surface area (Å²) in [4.78, 5) is 4.54. The highest BCUT2D eigenvalue weighted by Crippen LogP contribution is 2.35. The van der Waals surface area contributed by atoms with Crippen LogP contribution in [0.5, 0.6) is 0 Å². The van der Waals surface area contributed by atoms with Gasteiger partial charge in [-0.25, -0.2) is 4.52 Å². The fourth-order valence-electron chi connectivity index (χ4n) is 3.06. The van der Waals surface area contributed by atoms with Crippen molar-refractivity contribution < 1.29 is 4.74 Å². The fraction of sp³-hybridized carbons (Fsp3) is 0.538. The topological polar surface area (TPSA) is 51.5 Å². The number of aryl methyl sites for hydroxylation is 1. The predicted octanol–water partition coefficient (Wildman–Crippen LogP) is 1.77. The van der Waals surface area contributed by atoms with Crippen molar-refractivity contribution in [3.05, 3.63) is 23.9 Å². The average molecular weight is 244 g/mol. The van der Waals surface area contributed by atoms with Crippen LogP contribution in [0.15, 0.2) is 18.3 Å². The molecule has 0 radical (unpaired) electrons. The minimum absolute atomic E-state index is 0.350. The third kappa shape index (κ3) is 1.50. The van der Waals surface area contributed by atoms with Gasteiger partial charge in [-0.05, 0) is 37.8 Å². The van der Waals surface area contributed by atoms with Crippen LogP contribution < -0.4 is 5.32 Å². The highest BCUT2D eigenvalue weighted by molar-refractivity contribution is 5.50. The van der Waals surface area contributed by atoms with Crippen molar-refractivity contribution in [3.63, 3.8) is 0 Å². The van der Waals surface area contributed by atoms with E-state index in [1.54, 1.807) is 0 Å². The molecule has 0 aromatic carbocycles. The van der Waals surface area contributed by atoms with Crippen LogP contribution in [0, 0.1) is 6.92 Å². The molecule has 3 unspecified atom stereocenters. The van der Waals surface area contributed by atoms with E-state index in [1.807, 2.05) is 16.8 Å². The molecule has 1 N–H and O–H groups in total. The molecule has 94 valence electrons. The Bertz CT molecular complexity index is 594. The molecule has 4 heterocycles. The van der Waals surface area contributed by atoms with E-state index in [0.29, 0.717) is 24.2 Å². The number of nitrogens with zero attached hydrogens (tertiary/aromatic N) is 3. The lowest BCUT2D eigenvalue weighted by atomic mass is 9.96. The molecule has 3 atom stereocenters. The summed E-state index contributed by atoms with van der Waals surface area (Å²) in [6.45, 7) is 2.05. The van der Waals surface area contributed by atoms with E-state index >= 15 is 0 Å². The van der Waals surface area contributed by atoms with Crippen LogP contribution in [0.4, 0.5) is 5.95 Å². The lowest BCUT2D eigenvalue weighted by Crippen LogP contribution is -2.30. The second-order valence-corrected chi connectivity index (χ2v) is 5.26. The van der Waals surface area contributed by atoms with Gasteiger partial charge >= 0.3 is 0 Å². The molecule has 2 aromatic heterocycles. The third-order valence-corrected chi connectivity index (χ3v) is 3.98. The normalized spacial score (nSPS) is 30.2. The molecule has 0 amide bonds. The summed E-state index contributed by atoms with van der Waals surface area (Å²) in [5.74, 6) is 0.713. The molecular weight excluding hydrogens is 228 g/mol. The Labute approximate surface area is 105 Å². The Hall–Kier alpha value is -1.62. The van der Waals surface area contributed by atoms with Gasteiger partial charge in [0.2, 0.25) is 5.95 Å². The van der Waals surface area contributed by atoms with Gasteiger partial charge in [-0.3, -0.25) is 0 Å². The molecule has 4 rings (SSSR count). The number of rotatable bonds is 2. The minimum atomic E-state index is 0.350. The minimum Gasteiger partial charge on any atom is -0.373 e. The molecule has 2 saturated heterocycles. The van der Waals surface area contributed by atoms with Crippen molar-refractivity contribution in [2.24, 2.45) is 0 Å². The summed E-state index contributed by atoms with van der Waals surface area (Å²) in [5, 5.41) is 7.88. The van der Waals surface area contributed by atoms with Crippen molar-refractivity contribution in [1.82, 2.24) is 14.6 Å². The standard InChI is InChI=1S/C13H16N4O/c1-8-3-2-6-17-12(8)15-13(16-17)14-10-7-9-4-5-11(10)18-9/h2-3,6,9-11H,4-5,7H2,1H3,(H,14,16). The number of fused-ring (bicyclic) bond motifs is 3. The first-order valence-electron chi connectivity index (χ1n) is 6.53. The summed E-state index contributed by atoms with van der Waals surface area (Å²) in [6.07, 6.45) is 6.18. The Morgan fingerprint density at radius 1 is 1.44 bits per heavy atom. The van der Waals surface area contributed by atoms with E-state index in [9.17, 15) is 0 Å². The molecule has 18 heavy (non-hydrogen) atoms. The van der Waals surface area contributed by atoms with Gasteiger partial charge in [-0.15, -0.1) is 5.10 Å². The van der Waals surface area contributed by atoms with E-state index in [1.165, 1.54) is 6.42 Å². The third-order valence-electron chi connectivity index (χ3n) is 3.98. The Balaban J connectivity index is 1.61. The maximum Gasteiger partial charge on any atom is 0.243 e. The van der Waals surface area contributed by atoms with Gasteiger partial charge in [0.1, 0.15) is 0 Å². The number of anilines is 1. The van der Waals surface area contributed by atoms with Gasteiger partial charge in [-0.2, -0.15) is 4.98 Å². The van der Waals surface area contributed by atoms with E-state index < -0.39 is 0 Å². The number of aromatic nitrogens is 3. The molecule has 5 heteroatoms. The van der Waals surface area contributed by atoms with Crippen LogP contribution in [0.25, 0.3) is 5.65 Å². The number of hydrogen-bond acceptors (Lipinski definition) is 4. The molecule has 2 aliphatic rings. The summed E-state index contributed by atoms with van der Waals surface area (Å²) in [7, 11) is 0. The molecule has 2 aliphatic heterocycles. The largest absolute Gasteiger partial charge is 0.373 e. The highest BCUT2D eigenvalue weighted by atomic mass is 16.5. The lowest BCUT2D eigenvalue weighted by Gasteiger charge is -2.18. The van der Waals surface area contributed by atoms with Gasteiger partial charge in [-0.1, -0.05) is 6.07 Å². The number of pyridine rings is 1. The molecule has 5 nitrogen and oxygen atoms in total. The molecule has 2 fully saturated rings. The SMILES string of the molecule is Cc1cccn2nc(NC3CC4CCC3O4)nc12. The first-order chi connectivity index (χ1) is 8.79. The maximum atomic E-state index is 5.83. The zero-order chi connectivity index (χ0) is 12.1. The maximum absolute atomic E-state index is 5.83. The number of ether oxygens (including phenoxy) is 1.